The maximum atomic E-state index is 12.5. The molecule has 0 aliphatic rings. The molecule has 0 unspecified atom stereocenters. The lowest BCUT2D eigenvalue weighted by molar-refractivity contribution is 0.101. The SMILES string of the molecule is CCOc1ccc(NC(=O)c2ccc(NC(=O)c3nc(Cl)c(Cl)c(Cl)c3Cl)cc2)cc1. The van der Waals surface area contributed by atoms with Gasteiger partial charge >= 0.3 is 0 Å². The minimum Gasteiger partial charge on any atom is -0.494 e. The predicted octanol–water partition coefficient (Wildman–Crippen LogP) is 6.60. The van der Waals surface area contributed by atoms with E-state index in [0.717, 1.165) is 5.75 Å². The number of ether oxygens (including phenoxy) is 1. The fourth-order valence-corrected chi connectivity index (χ4v) is 3.35. The van der Waals surface area contributed by atoms with Gasteiger partial charge in [0.25, 0.3) is 11.8 Å². The number of anilines is 2. The number of nitrogens with one attached hydrogen (secondary N) is 2. The van der Waals surface area contributed by atoms with Crippen molar-refractivity contribution in [2.75, 3.05) is 17.2 Å². The molecule has 0 spiro atoms. The van der Waals surface area contributed by atoms with E-state index in [-0.39, 0.29) is 31.8 Å². The van der Waals surface area contributed by atoms with E-state index in [1.165, 1.54) is 0 Å². The molecule has 0 bridgehead atoms. The maximum Gasteiger partial charge on any atom is 0.275 e. The molecule has 10 heteroatoms. The summed E-state index contributed by atoms with van der Waals surface area (Å²) in [5, 5.41) is 5.06. The molecule has 0 radical (unpaired) electrons. The minimum atomic E-state index is -0.628. The van der Waals surface area contributed by atoms with Crippen molar-refractivity contribution in [1.29, 1.82) is 0 Å². The molecule has 3 aromatic rings. The third-order valence-corrected chi connectivity index (χ3v) is 5.71. The highest BCUT2D eigenvalue weighted by Crippen LogP contribution is 2.36. The zero-order chi connectivity index (χ0) is 22.5. The van der Waals surface area contributed by atoms with Gasteiger partial charge < -0.3 is 15.4 Å². The quantitative estimate of drug-likeness (QED) is 0.375. The zero-order valence-electron chi connectivity index (χ0n) is 16.0. The average Bonchev–Trinajstić information content (AvgIpc) is 2.76. The van der Waals surface area contributed by atoms with Crippen LogP contribution in [-0.4, -0.2) is 23.4 Å². The number of nitrogens with zero attached hydrogens (tertiary/aromatic N) is 1. The second-order valence-corrected chi connectivity index (χ2v) is 7.63. The molecule has 0 atom stereocenters. The molecule has 0 aliphatic carbocycles. The molecule has 0 aliphatic heterocycles. The molecule has 3 rings (SSSR count). The van der Waals surface area contributed by atoms with Gasteiger partial charge in [0, 0.05) is 16.9 Å². The lowest BCUT2D eigenvalue weighted by Crippen LogP contribution is -2.15. The highest BCUT2D eigenvalue weighted by atomic mass is 35.5. The summed E-state index contributed by atoms with van der Waals surface area (Å²) < 4.78 is 5.37. The second-order valence-electron chi connectivity index (χ2n) is 6.14. The second kappa shape index (κ2) is 10.2. The van der Waals surface area contributed by atoms with Crippen LogP contribution in [0.25, 0.3) is 0 Å². The average molecular weight is 499 g/mol. The number of hydrogen-bond donors (Lipinski definition) is 2. The number of carbonyl (C=O) groups is 2. The van der Waals surface area contributed by atoms with Gasteiger partial charge in [0.2, 0.25) is 0 Å². The van der Waals surface area contributed by atoms with Crippen LogP contribution in [0, 0.1) is 0 Å². The Hall–Kier alpha value is -2.51. The molecule has 0 saturated carbocycles. The third kappa shape index (κ3) is 5.60. The predicted molar refractivity (Wildman–Crippen MR) is 124 cm³/mol. The Balaban J connectivity index is 1.67. The number of hydrogen-bond acceptors (Lipinski definition) is 4. The third-order valence-electron chi connectivity index (χ3n) is 4.03. The largest absolute Gasteiger partial charge is 0.494 e. The number of benzene rings is 2. The van der Waals surface area contributed by atoms with Crippen LogP contribution in [0.5, 0.6) is 5.75 Å². The number of rotatable bonds is 6. The normalized spacial score (nSPS) is 10.5. The van der Waals surface area contributed by atoms with Crippen molar-refractivity contribution in [1.82, 2.24) is 4.98 Å². The lowest BCUT2D eigenvalue weighted by Gasteiger charge is -2.10. The summed E-state index contributed by atoms with van der Waals surface area (Å²) >= 11 is 23.7. The topological polar surface area (TPSA) is 80.3 Å². The van der Waals surface area contributed by atoms with E-state index >= 15 is 0 Å². The molecule has 6 nitrogen and oxygen atoms in total. The molecule has 1 heterocycles. The van der Waals surface area contributed by atoms with Gasteiger partial charge in [0.15, 0.2) is 0 Å². The Labute approximate surface area is 198 Å². The molecule has 160 valence electrons. The Morgan fingerprint density at radius 2 is 1.35 bits per heavy atom. The van der Waals surface area contributed by atoms with Crippen LogP contribution in [0.3, 0.4) is 0 Å². The van der Waals surface area contributed by atoms with Crippen LogP contribution in [0.2, 0.25) is 20.2 Å². The van der Waals surface area contributed by atoms with Crippen molar-refractivity contribution < 1.29 is 14.3 Å². The summed E-state index contributed by atoms with van der Waals surface area (Å²) in [5.74, 6) is -0.210. The van der Waals surface area contributed by atoms with E-state index in [2.05, 4.69) is 15.6 Å². The van der Waals surface area contributed by atoms with E-state index in [9.17, 15) is 9.59 Å². The summed E-state index contributed by atoms with van der Waals surface area (Å²) in [6.07, 6.45) is 0. The number of halogens is 4. The Morgan fingerprint density at radius 3 is 1.94 bits per heavy atom. The number of aromatic nitrogens is 1. The van der Waals surface area contributed by atoms with E-state index < -0.39 is 5.91 Å². The van der Waals surface area contributed by atoms with Crippen LogP contribution in [0.15, 0.2) is 48.5 Å². The summed E-state index contributed by atoms with van der Waals surface area (Å²) in [6.45, 7) is 2.46. The maximum absolute atomic E-state index is 12.5. The van der Waals surface area contributed by atoms with Gasteiger partial charge in [-0.05, 0) is 55.5 Å². The summed E-state index contributed by atoms with van der Waals surface area (Å²) in [6, 6.07) is 13.3. The van der Waals surface area contributed by atoms with Crippen molar-refractivity contribution in [3.8, 4) is 5.75 Å². The van der Waals surface area contributed by atoms with Gasteiger partial charge in [-0.2, -0.15) is 0 Å². The van der Waals surface area contributed by atoms with E-state index in [4.69, 9.17) is 51.1 Å². The van der Waals surface area contributed by atoms with Gasteiger partial charge in [0.1, 0.15) is 16.6 Å². The highest BCUT2D eigenvalue weighted by Gasteiger charge is 2.20. The Morgan fingerprint density at radius 1 is 0.806 bits per heavy atom. The summed E-state index contributed by atoms with van der Waals surface area (Å²) in [5.41, 5.74) is 1.28. The first-order valence-corrected chi connectivity index (χ1v) is 10.5. The van der Waals surface area contributed by atoms with Gasteiger partial charge in [0.05, 0.1) is 21.7 Å². The fourth-order valence-electron chi connectivity index (χ4n) is 2.54. The smallest absolute Gasteiger partial charge is 0.275 e. The molecular weight excluding hydrogens is 484 g/mol. The first kappa shape index (κ1) is 23.2. The molecule has 31 heavy (non-hydrogen) atoms. The minimum absolute atomic E-state index is 0.0345. The molecule has 0 saturated heterocycles. The van der Waals surface area contributed by atoms with Crippen molar-refractivity contribution in [3.05, 3.63) is 80.0 Å². The lowest BCUT2D eigenvalue weighted by atomic mass is 10.2. The summed E-state index contributed by atoms with van der Waals surface area (Å²) in [4.78, 5) is 28.8. The van der Waals surface area contributed by atoms with Gasteiger partial charge in [-0.15, -0.1) is 0 Å². The molecule has 0 fully saturated rings. The van der Waals surface area contributed by atoms with Crippen LogP contribution in [0.4, 0.5) is 11.4 Å². The van der Waals surface area contributed by atoms with Gasteiger partial charge in [-0.1, -0.05) is 46.4 Å². The molecule has 2 amide bonds. The zero-order valence-corrected chi connectivity index (χ0v) is 19.0. The number of carbonyl (C=O) groups excluding carboxylic acids is 2. The Bertz CT molecular complexity index is 1120. The highest BCUT2D eigenvalue weighted by molar-refractivity contribution is 6.52. The standard InChI is InChI=1S/C21H15Cl4N3O3/c1-2-31-14-9-7-13(8-10-14)26-20(29)11-3-5-12(6-4-11)27-21(30)18-16(23)15(22)17(24)19(25)28-18/h3-10H,2H2,1H3,(H,26,29)(H,27,30). The van der Waals surface area contributed by atoms with E-state index in [1.807, 2.05) is 6.92 Å². The first-order chi connectivity index (χ1) is 14.8. The Kier molecular flexibility index (Phi) is 7.62. The summed E-state index contributed by atoms with van der Waals surface area (Å²) in [7, 11) is 0. The van der Waals surface area contributed by atoms with Crippen molar-refractivity contribution >= 4 is 69.6 Å². The van der Waals surface area contributed by atoms with Crippen LogP contribution in [0.1, 0.15) is 27.8 Å². The van der Waals surface area contributed by atoms with E-state index in [1.54, 1.807) is 48.5 Å². The van der Waals surface area contributed by atoms with Gasteiger partial charge in [-0.3, -0.25) is 9.59 Å². The fraction of sp³-hybridized carbons (Fsp3) is 0.0952. The molecular formula is C21H15Cl4N3O3. The number of amides is 2. The van der Waals surface area contributed by atoms with Crippen molar-refractivity contribution in [2.24, 2.45) is 0 Å². The van der Waals surface area contributed by atoms with Crippen molar-refractivity contribution in [3.63, 3.8) is 0 Å². The number of pyridine rings is 1. The van der Waals surface area contributed by atoms with Gasteiger partial charge in [-0.25, -0.2) is 4.98 Å². The monoisotopic (exact) mass is 497 g/mol. The van der Waals surface area contributed by atoms with Crippen LogP contribution < -0.4 is 15.4 Å². The first-order valence-electron chi connectivity index (χ1n) is 8.95. The van der Waals surface area contributed by atoms with Crippen molar-refractivity contribution in [2.45, 2.75) is 6.92 Å². The van der Waals surface area contributed by atoms with E-state index in [0.29, 0.717) is 23.5 Å². The van der Waals surface area contributed by atoms with Crippen LogP contribution in [-0.2, 0) is 0 Å². The molecule has 2 N–H and O–H groups in total. The molecule has 2 aromatic carbocycles. The molecule has 1 aromatic heterocycles. The van der Waals surface area contributed by atoms with Crippen LogP contribution >= 0.6 is 46.4 Å².